The predicted octanol–water partition coefficient (Wildman–Crippen LogP) is 1.45. The van der Waals surface area contributed by atoms with Gasteiger partial charge in [0.05, 0.1) is 12.1 Å². The number of hydrogen-bond acceptors (Lipinski definition) is 4. The maximum Gasteiger partial charge on any atom is 0.254 e. The molecule has 0 spiro atoms. The minimum absolute atomic E-state index is 0.0428. The summed E-state index contributed by atoms with van der Waals surface area (Å²) in [7, 11) is 0. The Bertz CT molecular complexity index is 469. The first kappa shape index (κ1) is 15.5. The molecule has 0 atom stereocenters. The average Bonchev–Trinajstić information content (AvgIpc) is 2.33. The van der Waals surface area contributed by atoms with E-state index in [1.54, 1.807) is 18.3 Å². The van der Waals surface area contributed by atoms with E-state index in [-0.39, 0.29) is 23.9 Å². The van der Waals surface area contributed by atoms with Gasteiger partial charge in [-0.15, -0.1) is 11.8 Å². The normalized spacial score (nSPS) is 10.9. The Hall–Kier alpha value is -1.56. The molecular formula is C13H19N3O2S. The summed E-state index contributed by atoms with van der Waals surface area (Å²) >= 11 is 1.40. The Labute approximate surface area is 117 Å². The molecule has 2 amide bonds. The number of pyridine rings is 1. The molecule has 1 aromatic heterocycles. The molecule has 0 saturated carbocycles. The molecule has 0 bridgehead atoms. The molecule has 0 aliphatic heterocycles. The number of amides is 2. The van der Waals surface area contributed by atoms with Crippen molar-refractivity contribution in [3.63, 3.8) is 0 Å². The highest BCUT2D eigenvalue weighted by atomic mass is 32.2. The number of carbonyl (C=O) groups excluding carboxylic acids is 2. The van der Waals surface area contributed by atoms with Gasteiger partial charge < -0.3 is 10.6 Å². The Balaban J connectivity index is 2.59. The molecule has 5 nitrogen and oxygen atoms in total. The maximum atomic E-state index is 12.0. The van der Waals surface area contributed by atoms with Gasteiger partial charge in [0.25, 0.3) is 5.91 Å². The summed E-state index contributed by atoms with van der Waals surface area (Å²) in [4.78, 5) is 27.7. The molecule has 2 N–H and O–H groups in total. The van der Waals surface area contributed by atoms with E-state index in [0.717, 1.165) is 0 Å². The number of aromatic nitrogens is 1. The van der Waals surface area contributed by atoms with Crippen molar-refractivity contribution >= 4 is 23.6 Å². The van der Waals surface area contributed by atoms with Gasteiger partial charge >= 0.3 is 0 Å². The number of rotatable bonds is 4. The van der Waals surface area contributed by atoms with E-state index in [1.807, 2.05) is 27.0 Å². The first-order chi connectivity index (χ1) is 8.83. The van der Waals surface area contributed by atoms with Crippen LogP contribution in [0.1, 0.15) is 31.1 Å². The number of nitrogens with zero attached hydrogens (tertiary/aromatic N) is 1. The molecule has 6 heteroatoms. The standard InChI is InChI=1S/C13H19N3O2S/c1-13(2,3)16-10(17)8-15-11(18)9-6-5-7-14-12(9)19-4/h5-7H,8H2,1-4H3,(H,15,18)(H,16,17). The van der Waals surface area contributed by atoms with Crippen molar-refractivity contribution in [1.82, 2.24) is 15.6 Å². The third-order valence-corrected chi connectivity index (χ3v) is 2.85. The summed E-state index contributed by atoms with van der Waals surface area (Å²) in [6, 6.07) is 3.39. The van der Waals surface area contributed by atoms with Crippen LogP contribution in [0, 0.1) is 0 Å². The minimum atomic E-state index is -0.305. The van der Waals surface area contributed by atoms with E-state index < -0.39 is 0 Å². The molecule has 0 unspecified atom stereocenters. The fraction of sp³-hybridized carbons (Fsp3) is 0.462. The lowest BCUT2D eigenvalue weighted by molar-refractivity contribution is -0.121. The van der Waals surface area contributed by atoms with Crippen LogP contribution in [0.2, 0.25) is 0 Å². The molecule has 0 aliphatic carbocycles. The molecule has 1 aromatic rings. The number of nitrogens with one attached hydrogen (secondary N) is 2. The zero-order valence-electron chi connectivity index (χ0n) is 11.6. The van der Waals surface area contributed by atoms with Crippen LogP contribution in [0.4, 0.5) is 0 Å². The van der Waals surface area contributed by atoms with E-state index in [0.29, 0.717) is 10.6 Å². The van der Waals surface area contributed by atoms with Gasteiger partial charge in [-0.2, -0.15) is 0 Å². The second-order valence-corrected chi connectivity index (χ2v) is 5.84. The number of thioether (sulfide) groups is 1. The highest BCUT2D eigenvalue weighted by Gasteiger charge is 2.16. The fourth-order valence-electron chi connectivity index (χ4n) is 1.44. The summed E-state index contributed by atoms with van der Waals surface area (Å²) in [5.74, 6) is -0.503. The van der Waals surface area contributed by atoms with Crippen molar-refractivity contribution in [2.75, 3.05) is 12.8 Å². The van der Waals surface area contributed by atoms with Crippen molar-refractivity contribution in [1.29, 1.82) is 0 Å². The van der Waals surface area contributed by atoms with Crippen LogP contribution >= 0.6 is 11.8 Å². The first-order valence-corrected chi connectivity index (χ1v) is 7.14. The van der Waals surface area contributed by atoms with E-state index in [4.69, 9.17) is 0 Å². The summed E-state index contributed by atoms with van der Waals surface area (Å²) in [5.41, 5.74) is 0.180. The summed E-state index contributed by atoms with van der Waals surface area (Å²) < 4.78 is 0. The van der Waals surface area contributed by atoms with Gasteiger partial charge in [-0.3, -0.25) is 9.59 Å². The van der Waals surface area contributed by atoms with Gasteiger partial charge in [0, 0.05) is 11.7 Å². The summed E-state index contributed by atoms with van der Waals surface area (Å²) in [5, 5.41) is 6.02. The second kappa shape index (κ2) is 6.56. The van der Waals surface area contributed by atoms with Gasteiger partial charge in [-0.05, 0) is 39.2 Å². The zero-order chi connectivity index (χ0) is 14.5. The van der Waals surface area contributed by atoms with E-state index in [9.17, 15) is 9.59 Å². The molecule has 0 radical (unpaired) electrons. The van der Waals surface area contributed by atoms with E-state index in [2.05, 4.69) is 15.6 Å². The highest BCUT2D eigenvalue weighted by Crippen LogP contribution is 2.16. The Morgan fingerprint density at radius 3 is 2.63 bits per heavy atom. The quantitative estimate of drug-likeness (QED) is 0.819. The van der Waals surface area contributed by atoms with Crippen molar-refractivity contribution in [2.24, 2.45) is 0 Å². The lowest BCUT2D eigenvalue weighted by atomic mass is 10.1. The second-order valence-electron chi connectivity index (χ2n) is 5.04. The molecule has 1 rings (SSSR count). The zero-order valence-corrected chi connectivity index (χ0v) is 12.4. The van der Waals surface area contributed by atoms with Crippen molar-refractivity contribution < 1.29 is 9.59 Å². The van der Waals surface area contributed by atoms with Crippen LogP contribution in [0.15, 0.2) is 23.4 Å². The van der Waals surface area contributed by atoms with Crippen LogP contribution in [-0.4, -0.2) is 35.1 Å². The third kappa shape index (κ3) is 5.30. The first-order valence-electron chi connectivity index (χ1n) is 5.91. The van der Waals surface area contributed by atoms with Gasteiger partial charge in [0.2, 0.25) is 5.91 Å². The molecule has 0 aromatic carbocycles. The monoisotopic (exact) mass is 281 g/mol. The SMILES string of the molecule is CSc1ncccc1C(=O)NCC(=O)NC(C)(C)C. The van der Waals surface area contributed by atoms with Gasteiger partial charge in [-0.1, -0.05) is 0 Å². The minimum Gasteiger partial charge on any atom is -0.350 e. The number of carbonyl (C=O) groups is 2. The van der Waals surface area contributed by atoms with Crippen molar-refractivity contribution in [2.45, 2.75) is 31.3 Å². The molecular weight excluding hydrogens is 262 g/mol. The van der Waals surface area contributed by atoms with Crippen molar-refractivity contribution in [3.8, 4) is 0 Å². The van der Waals surface area contributed by atoms with Crippen molar-refractivity contribution in [3.05, 3.63) is 23.9 Å². The topological polar surface area (TPSA) is 71.1 Å². The van der Waals surface area contributed by atoms with Gasteiger partial charge in [0.1, 0.15) is 5.03 Å². The van der Waals surface area contributed by atoms with Gasteiger partial charge in [-0.25, -0.2) is 4.98 Å². The van der Waals surface area contributed by atoms with Gasteiger partial charge in [0.15, 0.2) is 0 Å². The molecule has 1 heterocycles. The van der Waals surface area contributed by atoms with Crippen LogP contribution in [0.25, 0.3) is 0 Å². The van der Waals surface area contributed by atoms with Crippen LogP contribution in [0.5, 0.6) is 0 Å². The largest absolute Gasteiger partial charge is 0.350 e. The third-order valence-electron chi connectivity index (χ3n) is 2.13. The Kier molecular flexibility index (Phi) is 5.35. The maximum absolute atomic E-state index is 12.0. The van der Waals surface area contributed by atoms with Crippen LogP contribution < -0.4 is 10.6 Å². The Morgan fingerprint density at radius 2 is 2.05 bits per heavy atom. The molecule has 104 valence electrons. The summed E-state index contributed by atoms with van der Waals surface area (Å²) in [6.07, 6.45) is 3.49. The van der Waals surface area contributed by atoms with Crippen LogP contribution in [0.3, 0.4) is 0 Å². The summed E-state index contributed by atoms with van der Waals surface area (Å²) in [6.45, 7) is 5.62. The highest BCUT2D eigenvalue weighted by molar-refractivity contribution is 7.98. The Morgan fingerprint density at radius 1 is 1.37 bits per heavy atom. The van der Waals surface area contributed by atoms with E-state index in [1.165, 1.54) is 11.8 Å². The lowest BCUT2D eigenvalue weighted by Crippen LogP contribution is -2.45. The van der Waals surface area contributed by atoms with E-state index >= 15 is 0 Å². The smallest absolute Gasteiger partial charge is 0.254 e. The molecule has 0 fully saturated rings. The number of hydrogen-bond donors (Lipinski definition) is 2. The van der Waals surface area contributed by atoms with Crippen LogP contribution in [-0.2, 0) is 4.79 Å². The fourth-order valence-corrected chi connectivity index (χ4v) is 1.99. The molecule has 19 heavy (non-hydrogen) atoms. The molecule has 0 saturated heterocycles. The predicted molar refractivity (Wildman–Crippen MR) is 76.2 cm³/mol. The average molecular weight is 281 g/mol. The lowest BCUT2D eigenvalue weighted by Gasteiger charge is -2.20. The molecule has 0 aliphatic rings.